The lowest BCUT2D eigenvalue weighted by Gasteiger charge is -2.59. The maximum absolute atomic E-state index is 12.5. The maximum Gasteiger partial charge on any atom is 0.139 e. The van der Waals surface area contributed by atoms with Crippen molar-refractivity contribution in [2.24, 2.45) is 39.7 Å². The smallest absolute Gasteiger partial charge is 0.139 e. The number of rotatable bonds is 4. The third kappa shape index (κ3) is 2.83. The third-order valence-electron chi connectivity index (χ3n) is 8.85. The van der Waals surface area contributed by atoms with Gasteiger partial charge in [0, 0.05) is 18.4 Å². The van der Waals surface area contributed by atoms with Gasteiger partial charge in [-0.25, -0.2) is 0 Å². The van der Waals surface area contributed by atoms with E-state index < -0.39 is 0 Å². The Bertz CT molecular complexity index is 589. The van der Waals surface area contributed by atoms with E-state index >= 15 is 0 Å². The molecule has 4 aliphatic rings. The number of carbonyl (C=O) groups is 1. The summed E-state index contributed by atoms with van der Waals surface area (Å²) in [5.74, 6) is 3.57. The zero-order valence-electron chi connectivity index (χ0n) is 16.9. The second kappa shape index (κ2) is 6.92. The Kier molecular flexibility index (Phi) is 4.92. The summed E-state index contributed by atoms with van der Waals surface area (Å²) in [5, 5.41) is 7.55. The van der Waals surface area contributed by atoms with Crippen LogP contribution in [0.2, 0.25) is 0 Å². The lowest BCUT2D eigenvalue weighted by molar-refractivity contribution is -0.137. The Balaban J connectivity index is 1.46. The minimum Gasteiger partial charge on any atom is -0.394 e. The van der Waals surface area contributed by atoms with Crippen LogP contribution in [0.1, 0.15) is 71.6 Å². The number of ketones is 1. The second-order valence-electron chi connectivity index (χ2n) is 9.87. The van der Waals surface area contributed by atoms with Crippen molar-refractivity contribution < 1.29 is 9.63 Å². The summed E-state index contributed by atoms with van der Waals surface area (Å²) in [6.07, 6.45) is 10.5. The Morgan fingerprint density at radius 1 is 1.12 bits per heavy atom. The van der Waals surface area contributed by atoms with Crippen molar-refractivity contribution in [3.8, 4) is 0 Å². The second-order valence-corrected chi connectivity index (χ2v) is 9.87. The molecule has 6 atom stereocenters. The molecule has 0 aromatic heterocycles. The molecular formula is C22H36N2O2. The zero-order chi connectivity index (χ0) is 18.4. The van der Waals surface area contributed by atoms with Gasteiger partial charge in [-0.05, 0) is 87.5 Å². The van der Waals surface area contributed by atoms with E-state index in [4.69, 9.17) is 4.84 Å². The molecule has 4 saturated carbocycles. The number of fused-ring (bicyclic) bond motifs is 5. The van der Waals surface area contributed by atoms with E-state index in [9.17, 15) is 4.79 Å². The molecule has 4 fully saturated rings. The number of nitrogens with one attached hydrogen (secondary N) is 1. The zero-order valence-corrected chi connectivity index (χ0v) is 16.9. The minimum absolute atomic E-state index is 0.00675. The van der Waals surface area contributed by atoms with Gasteiger partial charge >= 0.3 is 0 Å². The van der Waals surface area contributed by atoms with Crippen LogP contribution in [-0.2, 0) is 9.63 Å². The third-order valence-corrected chi connectivity index (χ3v) is 8.85. The van der Waals surface area contributed by atoms with E-state index in [-0.39, 0.29) is 5.41 Å². The summed E-state index contributed by atoms with van der Waals surface area (Å²) in [7, 11) is 1.94. The molecular weight excluding hydrogens is 324 g/mol. The molecule has 4 heteroatoms. The summed E-state index contributed by atoms with van der Waals surface area (Å²) in [4.78, 5) is 18.0. The Morgan fingerprint density at radius 2 is 1.96 bits per heavy atom. The first-order valence-electron chi connectivity index (χ1n) is 10.8. The molecule has 0 bridgehead atoms. The first-order valence-corrected chi connectivity index (χ1v) is 10.8. The summed E-state index contributed by atoms with van der Waals surface area (Å²) in [5.41, 5.74) is 1.73. The van der Waals surface area contributed by atoms with Gasteiger partial charge in [-0.2, -0.15) is 0 Å². The molecule has 0 aliphatic heterocycles. The normalized spacial score (nSPS) is 46.6. The van der Waals surface area contributed by atoms with Crippen molar-refractivity contribution in [3.05, 3.63) is 0 Å². The molecule has 4 aliphatic carbocycles. The molecule has 0 heterocycles. The summed E-state index contributed by atoms with van der Waals surface area (Å²) >= 11 is 0. The highest BCUT2D eigenvalue weighted by atomic mass is 16.6. The average Bonchev–Trinajstić information content (AvgIpc) is 2.94. The molecule has 0 spiro atoms. The largest absolute Gasteiger partial charge is 0.394 e. The van der Waals surface area contributed by atoms with Crippen LogP contribution in [0.25, 0.3) is 0 Å². The van der Waals surface area contributed by atoms with Gasteiger partial charge in [-0.15, -0.1) is 0 Å². The SMILES string of the molecule is CNCCO/N=C1\CC[C@@]2(C)C(CCC3C2CC[C@]2(C)C(=O)CCC32)C1. The molecule has 1 N–H and O–H groups in total. The molecule has 4 nitrogen and oxygen atoms in total. The highest BCUT2D eigenvalue weighted by molar-refractivity contribution is 5.87. The van der Waals surface area contributed by atoms with Crippen molar-refractivity contribution >= 4 is 11.5 Å². The topological polar surface area (TPSA) is 50.7 Å². The van der Waals surface area contributed by atoms with Crippen molar-refractivity contribution in [2.45, 2.75) is 71.6 Å². The highest BCUT2D eigenvalue weighted by Gasteiger charge is 2.60. The number of Topliss-reactive ketones (excluding diaryl/α,β-unsaturated/α-hetero) is 1. The van der Waals surface area contributed by atoms with Gasteiger partial charge < -0.3 is 10.2 Å². The van der Waals surface area contributed by atoms with Gasteiger partial charge in [0.1, 0.15) is 12.4 Å². The van der Waals surface area contributed by atoms with Crippen molar-refractivity contribution in [1.82, 2.24) is 5.32 Å². The summed E-state index contributed by atoms with van der Waals surface area (Å²) in [6.45, 7) is 6.35. The number of likely N-dealkylation sites (N-methyl/N-ethyl adjacent to an activating group) is 1. The van der Waals surface area contributed by atoms with Crippen LogP contribution >= 0.6 is 0 Å². The van der Waals surface area contributed by atoms with Crippen LogP contribution in [-0.4, -0.2) is 31.7 Å². The van der Waals surface area contributed by atoms with E-state index in [2.05, 4.69) is 24.3 Å². The lowest BCUT2D eigenvalue weighted by Crippen LogP contribution is -2.53. The summed E-state index contributed by atoms with van der Waals surface area (Å²) < 4.78 is 0. The van der Waals surface area contributed by atoms with E-state index in [0.717, 1.165) is 56.4 Å². The predicted octanol–water partition coefficient (Wildman–Crippen LogP) is 4.19. The van der Waals surface area contributed by atoms with Crippen molar-refractivity contribution in [1.29, 1.82) is 0 Å². The Hall–Kier alpha value is -0.900. The van der Waals surface area contributed by atoms with Crippen LogP contribution in [0, 0.1) is 34.5 Å². The van der Waals surface area contributed by atoms with Crippen LogP contribution in [0.15, 0.2) is 5.16 Å². The van der Waals surface area contributed by atoms with Gasteiger partial charge in [0.15, 0.2) is 0 Å². The molecule has 4 rings (SSSR count). The van der Waals surface area contributed by atoms with E-state index in [1.54, 1.807) is 0 Å². The standard InChI is InChI=1S/C22H36N2O2/c1-21-10-8-16(24-26-13-12-23-3)14-15(21)4-5-17-18-6-7-20(25)22(18,2)11-9-19(17)21/h15,17-19,23H,4-14H2,1-3H3/b24-16+/t15?,17?,18?,19?,21-,22-/m0/s1. The van der Waals surface area contributed by atoms with E-state index in [0.29, 0.717) is 23.7 Å². The van der Waals surface area contributed by atoms with E-state index in [1.807, 2.05) is 7.05 Å². The molecule has 4 unspecified atom stereocenters. The van der Waals surface area contributed by atoms with Crippen LogP contribution in [0.4, 0.5) is 0 Å². The van der Waals surface area contributed by atoms with Gasteiger partial charge in [-0.3, -0.25) is 4.79 Å². The number of nitrogens with zero attached hydrogens (tertiary/aromatic N) is 1. The average molecular weight is 361 g/mol. The quantitative estimate of drug-likeness (QED) is 0.604. The molecule has 0 aromatic rings. The monoisotopic (exact) mass is 360 g/mol. The molecule has 0 radical (unpaired) electrons. The fourth-order valence-corrected chi connectivity index (χ4v) is 7.20. The predicted molar refractivity (Wildman–Crippen MR) is 104 cm³/mol. The van der Waals surface area contributed by atoms with Crippen LogP contribution < -0.4 is 5.32 Å². The maximum atomic E-state index is 12.5. The van der Waals surface area contributed by atoms with Crippen LogP contribution in [0.3, 0.4) is 0 Å². The Labute approximate surface area is 158 Å². The molecule has 0 aromatic carbocycles. The molecule has 0 saturated heterocycles. The number of hydrogen-bond acceptors (Lipinski definition) is 4. The number of carbonyl (C=O) groups excluding carboxylic acids is 1. The van der Waals surface area contributed by atoms with Crippen molar-refractivity contribution in [2.75, 3.05) is 20.2 Å². The molecule has 0 amide bonds. The lowest BCUT2D eigenvalue weighted by atomic mass is 9.45. The fraction of sp³-hybridized carbons (Fsp3) is 0.909. The van der Waals surface area contributed by atoms with Crippen LogP contribution in [0.5, 0.6) is 0 Å². The van der Waals surface area contributed by atoms with Gasteiger partial charge in [-0.1, -0.05) is 19.0 Å². The van der Waals surface area contributed by atoms with Gasteiger partial charge in [0.2, 0.25) is 0 Å². The number of hydrogen-bond donors (Lipinski definition) is 1. The highest BCUT2D eigenvalue weighted by Crippen LogP contribution is 2.65. The van der Waals surface area contributed by atoms with E-state index in [1.165, 1.54) is 31.4 Å². The minimum atomic E-state index is 0.00675. The van der Waals surface area contributed by atoms with Crippen molar-refractivity contribution in [3.63, 3.8) is 0 Å². The van der Waals surface area contributed by atoms with Gasteiger partial charge in [0.05, 0.1) is 5.71 Å². The summed E-state index contributed by atoms with van der Waals surface area (Å²) in [6, 6.07) is 0. The molecule has 146 valence electrons. The van der Waals surface area contributed by atoms with Gasteiger partial charge in [0.25, 0.3) is 0 Å². The first kappa shape index (κ1) is 18.5. The fourth-order valence-electron chi connectivity index (χ4n) is 7.20. The number of oxime groups is 1. The molecule has 26 heavy (non-hydrogen) atoms. The Morgan fingerprint density at radius 3 is 2.77 bits per heavy atom. The first-order chi connectivity index (χ1) is 12.5.